The van der Waals surface area contributed by atoms with Crippen molar-refractivity contribution in [1.82, 2.24) is 5.32 Å². The van der Waals surface area contributed by atoms with E-state index in [9.17, 15) is 0 Å². The zero-order chi connectivity index (χ0) is 14.5. The molecule has 0 aromatic heterocycles. The zero-order valence-electron chi connectivity index (χ0n) is 13.4. The fraction of sp³-hybridized carbons (Fsp3) is 0.667. The van der Waals surface area contributed by atoms with Crippen molar-refractivity contribution in [3.8, 4) is 5.75 Å². The molecule has 0 amide bonds. The van der Waals surface area contributed by atoms with Gasteiger partial charge < -0.3 is 10.1 Å². The summed E-state index contributed by atoms with van der Waals surface area (Å²) in [5.74, 6) is 1.77. The van der Waals surface area contributed by atoms with E-state index in [0.29, 0.717) is 12.1 Å². The van der Waals surface area contributed by atoms with Crippen LogP contribution in [-0.4, -0.2) is 12.1 Å². The standard InChI is InChI=1S/C18H29NO/c1-13(2)20-17-10-7-9-16(12-17)15(4)19-18-11-6-5-8-14(18)3/h7,9-10,12-15,18-19H,5-6,8,11H2,1-4H3. The van der Waals surface area contributed by atoms with Gasteiger partial charge in [-0.25, -0.2) is 0 Å². The van der Waals surface area contributed by atoms with Crippen molar-refractivity contribution >= 4 is 0 Å². The predicted molar refractivity (Wildman–Crippen MR) is 85.2 cm³/mol. The van der Waals surface area contributed by atoms with Crippen LogP contribution in [0.4, 0.5) is 0 Å². The van der Waals surface area contributed by atoms with Crippen LogP contribution in [0.5, 0.6) is 5.75 Å². The Morgan fingerprint density at radius 3 is 2.60 bits per heavy atom. The van der Waals surface area contributed by atoms with Gasteiger partial charge in [0.15, 0.2) is 0 Å². The Balaban J connectivity index is 1.99. The summed E-state index contributed by atoms with van der Waals surface area (Å²) in [6.45, 7) is 8.77. The van der Waals surface area contributed by atoms with Gasteiger partial charge in [0.25, 0.3) is 0 Å². The van der Waals surface area contributed by atoms with Crippen LogP contribution in [0.2, 0.25) is 0 Å². The van der Waals surface area contributed by atoms with Crippen LogP contribution in [0.3, 0.4) is 0 Å². The van der Waals surface area contributed by atoms with Crippen molar-refractivity contribution in [1.29, 1.82) is 0 Å². The molecule has 2 nitrogen and oxygen atoms in total. The van der Waals surface area contributed by atoms with Crippen LogP contribution < -0.4 is 10.1 Å². The van der Waals surface area contributed by atoms with Crippen molar-refractivity contribution in [3.63, 3.8) is 0 Å². The minimum absolute atomic E-state index is 0.229. The van der Waals surface area contributed by atoms with Gasteiger partial charge in [-0.3, -0.25) is 0 Å². The van der Waals surface area contributed by atoms with Crippen LogP contribution in [0.15, 0.2) is 24.3 Å². The number of hydrogen-bond acceptors (Lipinski definition) is 2. The lowest BCUT2D eigenvalue weighted by Crippen LogP contribution is -2.38. The first-order valence-corrected chi connectivity index (χ1v) is 8.09. The van der Waals surface area contributed by atoms with Gasteiger partial charge in [0.2, 0.25) is 0 Å². The fourth-order valence-corrected chi connectivity index (χ4v) is 3.11. The number of nitrogens with one attached hydrogen (secondary N) is 1. The molecule has 3 atom stereocenters. The molecular formula is C18H29NO. The summed E-state index contributed by atoms with van der Waals surface area (Å²) in [6.07, 6.45) is 5.66. The van der Waals surface area contributed by atoms with E-state index in [4.69, 9.17) is 4.74 Å². The highest BCUT2D eigenvalue weighted by atomic mass is 16.5. The highest BCUT2D eigenvalue weighted by Gasteiger charge is 2.22. The number of benzene rings is 1. The molecule has 112 valence electrons. The number of rotatable bonds is 5. The lowest BCUT2D eigenvalue weighted by Gasteiger charge is -2.32. The van der Waals surface area contributed by atoms with Crippen LogP contribution in [0.25, 0.3) is 0 Å². The molecular weight excluding hydrogens is 246 g/mol. The monoisotopic (exact) mass is 275 g/mol. The van der Waals surface area contributed by atoms with E-state index in [1.165, 1.54) is 31.2 Å². The maximum atomic E-state index is 5.79. The van der Waals surface area contributed by atoms with Crippen LogP contribution in [0, 0.1) is 5.92 Å². The summed E-state index contributed by atoms with van der Waals surface area (Å²) < 4.78 is 5.79. The summed E-state index contributed by atoms with van der Waals surface area (Å²) in [5, 5.41) is 3.81. The molecule has 1 aromatic rings. The molecule has 2 rings (SSSR count). The van der Waals surface area contributed by atoms with Gasteiger partial charge in [0, 0.05) is 12.1 Å². The second-order valence-electron chi connectivity index (χ2n) is 6.50. The van der Waals surface area contributed by atoms with Crippen molar-refractivity contribution in [2.75, 3.05) is 0 Å². The molecule has 1 aliphatic carbocycles. The van der Waals surface area contributed by atoms with Gasteiger partial charge in [-0.2, -0.15) is 0 Å². The van der Waals surface area contributed by atoms with Crippen molar-refractivity contribution in [2.24, 2.45) is 5.92 Å². The molecule has 0 aliphatic heterocycles. The quantitative estimate of drug-likeness (QED) is 0.840. The van der Waals surface area contributed by atoms with Crippen LogP contribution in [-0.2, 0) is 0 Å². The Morgan fingerprint density at radius 1 is 1.15 bits per heavy atom. The van der Waals surface area contributed by atoms with Gasteiger partial charge in [0.05, 0.1) is 6.10 Å². The van der Waals surface area contributed by atoms with E-state index in [-0.39, 0.29) is 6.10 Å². The number of hydrogen-bond donors (Lipinski definition) is 1. The first kappa shape index (κ1) is 15.4. The molecule has 0 saturated heterocycles. The average Bonchev–Trinajstić information content (AvgIpc) is 2.41. The molecule has 2 heteroatoms. The Labute approximate surface area is 123 Å². The summed E-state index contributed by atoms with van der Waals surface area (Å²) in [4.78, 5) is 0. The molecule has 0 radical (unpaired) electrons. The van der Waals surface area contributed by atoms with Gasteiger partial charge in [-0.15, -0.1) is 0 Å². The van der Waals surface area contributed by atoms with Gasteiger partial charge in [-0.05, 0) is 57.2 Å². The topological polar surface area (TPSA) is 21.3 Å². The third-order valence-electron chi connectivity index (χ3n) is 4.31. The molecule has 1 aromatic carbocycles. The zero-order valence-corrected chi connectivity index (χ0v) is 13.4. The van der Waals surface area contributed by atoms with Crippen LogP contribution >= 0.6 is 0 Å². The fourth-order valence-electron chi connectivity index (χ4n) is 3.11. The van der Waals surface area contributed by atoms with Gasteiger partial charge in [-0.1, -0.05) is 31.9 Å². The smallest absolute Gasteiger partial charge is 0.120 e. The summed E-state index contributed by atoms with van der Waals surface area (Å²) in [5.41, 5.74) is 1.32. The SMILES string of the molecule is CC(C)Oc1cccc(C(C)NC2CCCCC2C)c1. The molecule has 1 N–H and O–H groups in total. The molecule has 3 unspecified atom stereocenters. The van der Waals surface area contributed by atoms with Crippen molar-refractivity contribution in [3.05, 3.63) is 29.8 Å². The molecule has 1 fully saturated rings. The second-order valence-corrected chi connectivity index (χ2v) is 6.50. The van der Waals surface area contributed by atoms with E-state index >= 15 is 0 Å². The maximum absolute atomic E-state index is 5.79. The van der Waals surface area contributed by atoms with Crippen LogP contribution in [0.1, 0.15) is 65.0 Å². The highest BCUT2D eigenvalue weighted by molar-refractivity contribution is 5.30. The third-order valence-corrected chi connectivity index (χ3v) is 4.31. The van der Waals surface area contributed by atoms with Crippen molar-refractivity contribution < 1.29 is 4.74 Å². The third kappa shape index (κ3) is 4.24. The van der Waals surface area contributed by atoms with E-state index < -0.39 is 0 Å². The first-order valence-electron chi connectivity index (χ1n) is 8.09. The predicted octanol–water partition coefficient (Wildman–Crippen LogP) is 4.70. The summed E-state index contributed by atoms with van der Waals surface area (Å²) in [7, 11) is 0. The summed E-state index contributed by atoms with van der Waals surface area (Å²) in [6, 6.07) is 9.54. The second kappa shape index (κ2) is 7.12. The summed E-state index contributed by atoms with van der Waals surface area (Å²) >= 11 is 0. The largest absolute Gasteiger partial charge is 0.491 e. The van der Waals surface area contributed by atoms with Gasteiger partial charge in [0.1, 0.15) is 5.75 Å². The van der Waals surface area contributed by atoms with Crippen molar-refractivity contribution in [2.45, 2.75) is 71.6 Å². The molecule has 20 heavy (non-hydrogen) atoms. The maximum Gasteiger partial charge on any atom is 0.120 e. The lowest BCUT2D eigenvalue weighted by molar-refractivity contribution is 0.241. The minimum atomic E-state index is 0.229. The highest BCUT2D eigenvalue weighted by Crippen LogP contribution is 2.27. The van der Waals surface area contributed by atoms with E-state index in [2.05, 4.69) is 51.2 Å². The van der Waals surface area contributed by atoms with Gasteiger partial charge >= 0.3 is 0 Å². The van der Waals surface area contributed by atoms with E-state index in [1.807, 2.05) is 6.07 Å². The normalized spacial score (nSPS) is 24.6. The van der Waals surface area contributed by atoms with E-state index in [1.54, 1.807) is 0 Å². The molecule has 0 bridgehead atoms. The lowest BCUT2D eigenvalue weighted by atomic mass is 9.85. The Bertz CT molecular complexity index is 416. The van der Waals surface area contributed by atoms with E-state index in [0.717, 1.165) is 11.7 Å². The molecule has 1 saturated carbocycles. The Hall–Kier alpha value is -1.02. The average molecular weight is 275 g/mol. The molecule has 0 spiro atoms. The molecule has 1 aliphatic rings. The Morgan fingerprint density at radius 2 is 1.90 bits per heavy atom. The first-order chi connectivity index (χ1) is 9.56. The number of ether oxygens (including phenoxy) is 1. The molecule has 0 heterocycles. The minimum Gasteiger partial charge on any atom is -0.491 e. The Kier molecular flexibility index (Phi) is 5.47.